The Bertz CT molecular complexity index is 1420. The van der Waals surface area contributed by atoms with Gasteiger partial charge in [-0.15, -0.1) is 0 Å². The Labute approximate surface area is 230 Å². The summed E-state index contributed by atoms with van der Waals surface area (Å²) in [4.78, 5) is 15.1. The Morgan fingerprint density at radius 2 is 1.54 bits per heavy atom. The summed E-state index contributed by atoms with van der Waals surface area (Å²) in [6.07, 6.45) is 2.99. The summed E-state index contributed by atoms with van der Waals surface area (Å²) in [5.74, 6) is 1.71. The number of nitrogens with zero attached hydrogens (tertiary/aromatic N) is 3. The average Bonchev–Trinajstić information content (AvgIpc) is 3.08. The highest BCUT2D eigenvalue weighted by Gasteiger charge is 2.33. The third-order valence-corrected chi connectivity index (χ3v) is 7.91. The number of hydrogen-bond acceptors (Lipinski definition) is 5. The first-order chi connectivity index (χ1) is 19.0. The van der Waals surface area contributed by atoms with E-state index in [1.165, 1.54) is 11.1 Å². The van der Waals surface area contributed by atoms with Crippen molar-refractivity contribution in [2.45, 2.75) is 44.9 Å². The van der Waals surface area contributed by atoms with Gasteiger partial charge in [0.05, 0.1) is 17.6 Å². The molecule has 5 rings (SSSR count). The van der Waals surface area contributed by atoms with Crippen molar-refractivity contribution in [3.63, 3.8) is 0 Å². The summed E-state index contributed by atoms with van der Waals surface area (Å²) < 4.78 is 21.6. The Morgan fingerprint density at radius 1 is 0.846 bits per heavy atom. The third kappa shape index (κ3) is 6.37. The summed E-state index contributed by atoms with van der Waals surface area (Å²) in [6.45, 7) is 6.48. The minimum atomic E-state index is -0.261. The molecule has 4 aromatic rings. The maximum atomic E-state index is 12.6. The Kier molecular flexibility index (Phi) is 8.38. The highest BCUT2D eigenvalue weighted by atomic mass is 16.5. The van der Waals surface area contributed by atoms with Gasteiger partial charge in [0.2, 0.25) is 0 Å². The van der Waals surface area contributed by atoms with Gasteiger partial charge in [0.25, 0.3) is 0 Å². The van der Waals surface area contributed by atoms with Crippen molar-refractivity contribution in [2.75, 3.05) is 33.4 Å². The maximum Gasteiger partial charge on any atom is 0.328 e. The van der Waals surface area contributed by atoms with Crippen LogP contribution in [0.4, 0.5) is 0 Å². The monoisotopic (exact) mass is 529 g/mol. The number of benzene rings is 3. The van der Waals surface area contributed by atoms with Crippen molar-refractivity contribution in [3.05, 3.63) is 94.4 Å². The topological polar surface area (TPSA) is 57.9 Å². The zero-order valence-corrected chi connectivity index (χ0v) is 23.3. The van der Waals surface area contributed by atoms with E-state index in [1.807, 2.05) is 55.6 Å². The summed E-state index contributed by atoms with van der Waals surface area (Å²) in [5.41, 5.74) is 4.07. The van der Waals surface area contributed by atoms with Crippen molar-refractivity contribution in [3.8, 4) is 11.5 Å². The molecule has 1 aromatic heterocycles. The number of ether oxygens (including phenoxy) is 3. The van der Waals surface area contributed by atoms with E-state index in [0.29, 0.717) is 19.8 Å². The molecule has 0 saturated carbocycles. The molecule has 3 aromatic carbocycles. The second-order valence-corrected chi connectivity index (χ2v) is 10.6. The molecule has 0 N–H and O–H groups in total. The lowest BCUT2D eigenvalue weighted by Crippen LogP contribution is -2.39. The molecule has 0 radical (unpaired) electrons. The maximum absolute atomic E-state index is 12.6. The number of aromatic nitrogens is 2. The van der Waals surface area contributed by atoms with Crippen LogP contribution in [0.1, 0.15) is 30.4 Å². The summed E-state index contributed by atoms with van der Waals surface area (Å²) in [6, 6.07) is 24.4. The number of para-hydroxylation sites is 2. The van der Waals surface area contributed by atoms with Crippen LogP contribution in [-0.2, 0) is 24.9 Å². The van der Waals surface area contributed by atoms with E-state index in [4.69, 9.17) is 14.2 Å². The van der Waals surface area contributed by atoms with Crippen LogP contribution in [0, 0.1) is 6.92 Å². The summed E-state index contributed by atoms with van der Waals surface area (Å²) >= 11 is 0. The molecule has 7 nitrogen and oxygen atoms in total. The number of methoxy groups -OCH3 is 1. The van der Waals surface area contributed by atoms with E-state index in [9.17, 15) is 4.79 Å². The minimum Gasteiger partial charge on any atom is -0.492 e. The van der Waals surface area contributed by atoms with E-state index >= 15 is 0 Å². The zero-order valence-electron chi connectivity index (χ0n) is 23.3. The SMILES string of the molecule is COC1(COc2ccc(C)cc2)CCCN(Cc2ccc(OCCn3c(=O)n(C)c4ccccc43)cc2)CC1. The molecule has 0 amide bonds. The molecule has 1 atom stereocenters. The molecule has 1 aliphatic rings. The molecule has 0 bridgehead atoms. The summed E-state index contributed by atoms with van der Waals surface area (Å²) in [7, 11) is 3.61. The Hall–Kier alpha value is -3.55. The van der Waals surface area contributed by atoms with Crippen LogP contribution in [0.25, 0.3) is 11.0 Å². The molecule has 2 heterocycles. The number of hydrogen-bond donors (Lipinski definition) is 0. The van der Waals surface area contributed by atoms with E-state index in [0.717, 1.165) is 61.4 Å². The van der Waals surface area contributed by atoms with Gasteiger partial charge in [-0.2, -0.15) is 0 Å². The van der Waals surface area contributed by atoms with Gasteiger partial charge < -0.3 is 14.2 Å². The first-order valence-corrected chi connectivity index (χ1v) is 13.8. The molecular formula is C32H39N3O4. The predicted octanol–water partition coefficient (Wildman–Crippen LogP) is 5.18. The van der Waals surface area contributed by atoms with Crippen LogP contribution in [0.3, 0.4) is 0 Å². The second-order valence-electron chi connectivity index (χ2n) is 10.6. The summed E-state index contributed by atoms with van der Waals surface area (Å²) in [5, 5.41) is 0. The van der Waals surface area contributed by atoms with Gasteiger partial charge in [0.1, 0.15) is 30.3 Å². The quantitative estimate of drug-likeness (QED) is 0.283. The minimum absolute atomic E-state index is 0.0215. The van der Waals surface area contributed by atoms with Crippen LogP contribution in [-0.4, -0.2) is 53.0 Å². The Balaban J connectivity index is 1.12. The smallest absolute Gasteiger partial charge is 0.328 e. The van der Waals surface area contributed by atoms with Crippen molar-refractivity contribution >= 4 is 11.0 Å². The standard InChI is InChI=1S/C32H39N3O4/c1-25-9-13-28(14-10-25)39-24-32(37-3)17-6-19-34(20-18-32)23-26-11-15-27(16-12-26)38-22-21-35-30-8-5-4-7-29(30)33(2)31(35)36/h4-5,7-16H,6,17-24H2,1-3H3. The molecule has 1 fully saturated rings. The van der Waals surface area contributed by atoms with Crippen molar-refractivity contribution in [1.29, 1.82) is 0 Å². The number of aryl methyl sites for hydroxylation is 2. The number of likely N-dealkylation sites (tertiary alicyclic amines) is 1. The van der Waals surface area contributed by atoms with Gasteiger partial charge in [-0.05, 0) is 74.7 Å². The third-order valence-electron chi connectivity index (χ3n) is 7.91. The van der Waals surface area contributed by atoms with Crippen molar-refractivity contribution in [1.82, 2.24) is 14.0 Å². The first kappa shape index (κ1) is 27.0. The lowest BCUT2D eigenvalue weighted by molar-refractivity contribution is -0.0541. The molecular weight excluding hydrogens is 490 g/mol. The van der Waals surface area contributed by atoms with Gasteiger partial charge in [-0.3, -0.25) is 14.0 Å². The fourth-order valence-electron chi connectivity index (χ4n) is 5.42. The molecule has 206 valence electrons. The van der Waals surface area contributed by atoms with E-state index < -0.39 is 0 Å². The number of imidazole rings is 1. The van der Waals surface area contributed by atoms with Crippen LogP contribution in [0.5, 0.6) is 11.5 Å². The number of rotatable bonds is 10. The van der Waals surface area contributed by atoms with Crippen LogP contribution < -0.4 is 15.2 Å². The average molecular weight is 530 g/mol. The van der Waals surface area contributed by atoms with Crippen LogP contribution in [0.15, 0.2) is 77.6 Å². The van der Waals surface area contributed by atoms with Gasteiger partial charge in [0, 0.05) is 27.2 Å². The van der Waals surface area contributed by atoms with Gasteiger partial charge in [-0.1, -0.05) is 42.0 Å². The zero-order chi connectivity index (χ0) is 27.2. The molecule has 0 spiro atoms. The fourth-order valence-corrected chi connectivity index (χ4v) is 5.42. The molecule has 7 heteroatoms. The van der Waals surface area contributed by atoms with Gasteiger partial charge in [-0.25, -0.2) is 4.79 Å². The lowest BCUT2D eigenvalue weighted by atomic mass is 9.95. The van der Waals surface area contributed by atoms with Crippen LogP contribution >= 0.6 is 0 Å². The molecule has 39 heavy (non-hydrogen) atoms. The van der Waals surface area contributed by atoms with Crippen molar-refractivity contribution < 1.29 is 14.2 Å². The van der Waals surface area contributed by atoms with E-state index in [2.05, 4.69) is 36.1 Å². The molecule has 1 unspecified atom stereocenters. The van der Waals surface area contributed by atoms with Gasteiger partial charge >= 0.3 is 5.69 Å². The Morgan fingerprint density at radius 3 is 2.28 bits per heavy atom. The highest BCUT2D eigenvalue weighted by molar-refractivity contribution is 5.75. The van der Waals surface area contributed by atoms with E-state index in [1.54, 1.807) is 16.2 Å². The molecule has 0 aliphatic carbocycles. The van der Waals surface area contributed by atoms with Crippen molar-refractivity contribution in [2.24, 2.45) is 7.05 Å². The lowest BCUT2D eigenvalue weighted by Gasteiger charge is -2.31. The largest absolute Gasteiger partial charge is 0.492 e. The second kappa shape index (κ2) is 12.1. The number of fused-ring (bicyclic) bond motifs is 1. The normalized spacial score (nSPS) is 18.2. The predicted molar refractivity (Wildman–Crippen MR) is 155 cm³/mol. The van der Waals surface area contributed by atoms with Gasteiger partial charge in [0.15, 0.2) is 0 Å². The van der Waals surface area contributed by atoms with E-state index in [-0.39, 0.29) is 11.3 Å². The first-order valence-electron chi connectivity index (χ1n) is 13.8. The highest BCUT2D eigenvalue weighted by Crippen LogP contribution is 2.28. The molecule has 1 saturated heterocycles. The fraction of sp³-hybridized carbons (Fsp3) is 0.406. The van der Waals surface area contributed by atoms with Crippen LogP contribution in [0.2, 0.25) is 0 Å². The molecule has 1 aliphatic heterocycles.